The third kappa shape index (κ3) is 5.10. The van der Waals surface area contributed by atoms with Crippen LogP contribution in [-0.4, -0.2) is 27.8 Å². The molecule has 7 heteroatoms. The molecule has 1 N–H and O–H groups in total. The number of carbonyl (C=O) groups is 1. The van der Waals surface area contributed by atoms with E-state index in [1.807, 2.05) is 24.3 Å². The highest BCUT2D eigenvalue weighted by Crippen LogP contribution is 2.10. The van der Waals surface area contributed by atoms with E-state index in [1.54, 1.807) is 24.7 Å². The molecule has 1 aromatic carbocycles. The predicted molar refractivity (Wildman–Crippen MR) is 82.6 cm³/mol. The molecule has 0 radical (unpaired) electrons. The number of carbonyl (C=O) groups excluding carboxylic acids is 1. The number of nitrogens with one attached hydrogen (secondary N) is 1. The first kappa shape index (κ1) is 14.7. The molecule has 1 aromatic heterocycles. The van der Waals surface area contributed by atoms with Gasteiger partial charge in [0.15, 0.2) is 5.16 Å². The molecule has 1 amide bonds. The molecule has 20 heavy (non-hydrogen) atoms. The lowest BCUT2D eigenvalue weighted by molar-refractivity contribution is -0.118. The lowest BCUT2D eigenvalue weighted by Gasteiger charge is -1.99. The van der Waals surface area contributed by atoms with Gasteiger partial charge >= 0.3 is 0 Å². The summed E-state index contributed by atoms with van der Waals surface area (Å²) < 4.78 is 0.998. The summed E-state index contributed by atoms with van der Waals surface area (Å²) in [7, 11) is 0. The molecule has 0 saturated carbocycles. The van der Waals surface area contributed by atoms with Crippen molar-refractivity contribution in [2.45, 2.75) is 5.16 Å². The van der Waals surface area contributed by atoms with Crippen molar-refractivity contribution in [2.75, 3.05) is 5.75 Å². The summed E-state index contributed by atoms with van der Waals surface area (Å²) in [4.78, 5) is 19.6. The minimum atomic E-state index is -0.198. The van der Waals surface area contributed by atoms with E-state index < -0.39 is 0 Å². The molecule has 0 aliphatic heterocycles. The first-order valence-electron chi connectivity index (χ1n) is 5.71. The first-order chi connectivity index (χ1) is 9.74. The van der Waals surface area contributed by atoms with Crippen LogP contribution in [0.25, 0.3) is 0 Å². The van der Waals surface area contributed by atoms with Gasteiger partial charge in [0.2, 0.25) is 0 Å². The minimum absolute atomic E-state index is 0.198. The van der Waals surface area contributed by atoms with Crippen LogP contribution in [0.1, 0.15) is 5.56 Å². The van der Waals surface area contributed by atoms with Crippen LogP contribution >= 0.6 is 27.7 Å². The van der Waals surface area contributed by atoms with Gasteiger partial charge in [-0.15, -0.1) is 0 Å². The van der Waals surface area contributed by atoms with Gasteiger partial charge in [-0.1, -0.05) is 39.8 Å². The maximum atomic E-state index is 11.6. The number of thioether (sulfide) groups is 1. The van der Waals surface area contributed by atoms with Crippen molar-refractivity contribution in [1.29, 1.82) is 0 Å². The largest absolute Gasteiger partial charge is 0.272 e. The number of benzene rings is 1. The Bertz CT molecular complexity index is 589. The summed E-state index contributed by atoms with van der Waals surface area (Å²) in [6, 6.07) is 9.34. The van der Waals surface area contributed by atoms with Crippen molar-refractivity contribution in [2.24, 2.45) is 5.10 Å². The van der Waals surface area contributed by atoms with Gasteiger partial charge in [0.05, 0.1) is 12.0 Å². The van der Waals surface area contributed by atoms with E-state index in [2.05, 4.69) is 36.4 Å². The molecule has 5 nitrogen and oxygen atoms in total. The Labute approximate surface area is 129 Å². The third-order valence-corrected chi connectivity index (χ3v) is 3.55. The summed E-state index contributed by atoms with van der Waals surface area (Å²) in [5.74, 6) is 0.0256. The molecule has 0 unspecified atom stereocenters. The van der Waals surface area contributed by atoms with Gasteiger partial charge in [0.25, 0.3) is 5.91 Å². The number of hydrazone groups is 1. The van der Waals surface area contributed by atoms with E-state index >= 15 is 0 Å². The van der Waals surface area contributed by atoms with Gasteiger partial charge < -0.3 is 0 Å². The summed E-state index contributed by atoms with van der Waals surface area (Å²) in [6.45, 7) is 0. The lowest BCUT2D eigenvalue weighted by atomic mass is 10.2. The highest BCUT2D eigenvalue weighted by atomic mass is 79.9. The van der Waals surface area contributed by atoms with Crippen molar-refractivity contribution in [3.8, 4) is 0 Å². The second kappa shape index (κ2) is 7.76. The van der Waals surface area contributed by atoms with E-state index in [4.69, 9.17) is 0 Å². The molecule has 1 heterocycles. The first-order valence-corrected chi connectivity index (χ1v) is 7.49. The molecule has 0 bridgehead atoms. The van der Waals surface area contributed by atoms with Gasteiger partial charge in [-0.2, -0.15) is 5.10 Å². The average Bonchev–Trinajstić information content (AvgIpc) is 2.48. The second-order valence-electron chi connectivity index (χ2n) is 3.66. The maximum Gasteiger partial charge on any atom is 0.250 e. The van der Waals surface area contributed by atoms with Crippen molar-refractivity contribution in [3.05, 3.63) is 52.8 Å². The summed E-state index contributed by atoms with van der Waals surface area (Å²) in [5, 5.41) is 4.46. The number of halogens is 1. The van der Waals surface area contributed by atoms with Crippen LogP contribution in [0, 0.1) is 0 Å². The molecule has 0 saturated heterocycles. The van der Waals surface area contributed by atoms with Gasteiger partial charge in [-0.25, -0.2) is 15.4 Å². The normalized spacial score (nSPS) is 10.7. The zero-order valence-corrected chi connectivity index (χ0v) is 12.8. The zero-order valence-electron chi connectivity index (χ0n) is 10.4. The van der Waals surface area contributed by atoms with E-state index in [-0.39, 0.29) is 11.7 Å². The molecular weight excluding hydrogens is 340 g/mol. The fourth-order valence-electron chi connectivity index (χ4n) is 1.25. The van der Waals surface area contributed by atoms with E-state index in [9.17, 15) is 4.79 Å². The number of nitrogens with zero attached hydrogens (tertiary/aromatic N) is 3. The predicted octanol–water partition coefficient (Wildman–Crippen LogP) is 2.48. The molecule has 0 atom stereocenters. The maximum absolute atomic E-state index is 11.6. The van der Waals surface area contributed by atoms with Crippen LogP contribution in [-0.2, 0) is 4.79 Å². The summed E-state index contributed by atoms with van der Waals surface area (Å²) >= 11 is 4.61. The van der Waals surface area contributed by atoms with Crippen LogP contribution in [0.15, 0.2) is 57.5 Å². The van der Waals surface area contributed by atoms with Gasteiger partial charge in [0, 0.05) is 16.9 Å². The lowest BCUT2D eigenvalue weighted by Crippen LogP contribution is -2.19. The average molecular weight is 351 g/mol. The summed E-state index contributed by atoms with van der Waals surface area (Å²) in [5.41, 5.74) is 3.37. The Morgan fingerprint density at radius 1 is 1.30 bits per heavy atom. The number of hydrogen-bond donors (Lipinski definition) is 1. The van der Waals surface area contributed by atoms with Crippen molar-refractivity contribution in [3.63, 3.8) is 0 Å². The molecule has 102 valence electrons. The number of rotatable bonds is 5. The highest BCUT2D eigenvalue weighted by molar-refractivity contribution is 9.10. The molecule has 0 aliphatic carbocycles. The van der Waals surface area contributed by atoms with Gasteiger partial charge in [-0.3, -0.25) is 4.79 Å². The van der Waals surface area contributed by atoms with Crippen molar-refractivity contribution in [1.82, 2.24) is 15.4 Å². The molecule has 0 spiro atoms. The quantitative estimate of drug-likeness (QED) is 0.389. The smallest absolute Gasteiger partial charge is 0.250 e. The third-order valence-electron chi connectivity index (χ3n) is 2.15. The molecule has 0 fully saturated rings. The van der Waals surface area contributed by atoms with E-state index in [0.717, 1.165) is 10.0 Å². The highest BCUT2D eigenvalue weighted by Gasteiger charge is 2.02. The Hall–Kier alpha value is -1.73. The Balaban J connectivity index is 1.76. The number of amides is 1. The van der Waals surface area contributed by atoms with Gasteiger partial charge in [-0.05, 0) is 23.8 Å². The van der Waals surface area contributed by atoms with Gasteiger partial charge in [0.1, 0.15) is 0 Å². The van der Waals surface area contributed by atoms with Crippen LogP contribution in [0.5, 0.6) is 0 Å². The van der Waals surface area contributed by atoms with Crippen LogP contribution in [0.3, 0.4) is 0 Å². The fourth-order valence-corrected chi connectivity index (χ4v) is 2.11. The van der Waals surface area contributed by atoms with Crippen molar-refractivity contribution < 1.29 is 4.79 Å². The topological polar surface area (TPSA) is 67.2 Å². The number of aromatic nitrogens is 2. The molecule has 0 aliphatic rings. The Morgan fingerprint density at radius 3 is 2.70 bits per heavy atom. The van der Waals surface area contributed by atoms with Crippen LogP contribution in [0.4, 0.5) is 0 Å². The summed E-state index contributed by atoms with van der Waals surface area (Å²) in [6.07, 6.45) is 4.87. The fraction of sp³-hybridized carbons (Fsp3) is 0.0769. The SMILES string of the molecule is O=C(CSc1ncccn1)N/N=C/c1ccc(Br)cc1. The van der Waals surface area contributed by atoms with Crippen LogP contribution < -0.4 is 5.43 Å². The minimum Gasteiger partial charge on any atom is -0.272 e. The second-order valence-corrected chi connectivity index (χ2v) is 5.52. The molecular formula is C13H11BrN4OS. The Morgan fingerprint density at radius 2 is 2.00 bits per heavy atom. The van der Waals surface area contributed by atoms with E-state index in [0.29, 0.717) is 5.16 Å². The monoisotopic (exact) mass is 350 g/mol. The van der Waals surface area contributed by atoms with Crippen molar-refractivity contribution >= 4 is 39.8 Å². The Kier molecular flexibility index (Phi) is 5.69. The van der Waals surface area contributed by atoms with E-state index in [1.165, 1.54) is 11.8 Å². The number of hydrogen-bond acceptors (Lipinski definition) is 5. The standard InChI is InChI=1S/C13H11BrN4OS/c14-11-4-2-10(3-5-11)8-17-18-12(19)9-20-13-15-6-1-7-16-13/h1-8H,9H2,(H,18,19)/b17-8+. The molecule has 2 aromatic rings. The zero-order chi connectivity index (χ0) is 14.2. The van der Waals surface area contributed by atoms with Crippen LogP contribution in [0.2, 0.25) is 0 Å². The molecule has 2 rings (SSSR count).